The van der Waals surface area contributed by atoms with Crippen molar-refractivity contribution in [2.45, 2.75) is 92.6 Å². The highest BCUT2D eigenvalue weighted by Crippen LogP contribution is 2.41. The van der Waals surface area contributed by atoms with Crippen molar-refractivity contribution in [1.82, 2.24) is 75.5 Å². The lowest BCUT2D eigenvalue weighted by atomic mass is 9.88. The number of amides is 5. The van der Waals surface area contributed by atoms with Gasteiger partial charge in [-0.2, -0.15) is 25.5 Å². The van der Waals surface area contributed by atoms with E-state index in [2.05, 4.69) is 52.1 Å². The average molecular weight is 1780 g/mol. The second kappa shape index (κ2) is 37.0. The molecule has 15 N–H and O–H groups in total. The van der Waals surface area contributed by atoms with E-state index in [1.807, 2.05) is 0 Å². The van der Waals surface area contributed by atoms with Crippen LogP contribution in [0.15, 0.2) is 213 Å². The fourth-order valence-corrected chi connectivity index (χ4v) is 17.3. The van der Waals surface area contributed by atoms with Gasteiger partial charge >= 0.3 is 0 Å². The van der Waals surface area contributed by atoms with Crippen LogP contribution in [-0.2, 0) is 28.3 Å². The van der Waals surface area contributed by atoms with Gasteiger partial charge in [0.05, 0.1) is 39.2 Å². The molecule has 15 aromatic rings. The van der Waals surface area contributed by atoms with Crippen molar-refractivity contribution in [2.24, 2.45) is 28.7 Å². The number of aromatic nitrogens is 10. The van der Waals surface area contributed by atoms with Crippen molar-refractivity contribution in [1.29, 1.82) is 0 Å². The Balaban J connectivity index is 0.000000119. The van der Waals surface area contributed by atoms with Crippen LogP contribution < -0.4 is 55.3 Å². The van der Waals surface area contributed by atoms with Crippen molar-refractivity contribution in [2.75, 3.05) is 65.4 Å². The van der Waals surface area contributed by atoms with Gasteiger partial charge in [0.2, 0.25) is 0 Å². The average Bonchev–Trinajstić information content (AvgIpc) is 1.50. The molecule has 670 valence electrons. The molecule has 5 amide bonds. The van der Waals surface area contributed by atoms with Crippen LogP contribution >= 0.6 is 0 Å². The highest BCUT2D eigenvalue weighted by atomic mass is 19.2. The molecule has 5 aromatic heterocycles. The molecule has 0 aliphatic carbocycles. The molecule has 5 aliphatic heterocycles. The van der Waals surface area contributed by atoms with Gasteiger partial charge in [-0.05, 0) is 205 Å². The maximum atomic E-state index is 15.0. The first-order chi connectivity index (χ1) is 62.4. The zero-order chi connectivity index (χ0) is 91.6. The normalized spacial score (nSPS) is 20.4. The van der Waals surface area contributed by atoms with E-state index in [0.29, 0.717) is 158 Å². The molecule has 5 atom stereocenters. The molecule has 0 radical (unpaired) electrons. The number of carbonyl (C=O) groups is 5. The zero-order valence-electron chi connectivity index (χ0n) is 70.0. The van der Waals surface area contributed by atoms with E-state index in [1.54, 1.807) is 152 Å². The summed E-state index contributed by atoms with van der Waals surface area (Å²) in [4.78, 5) is 57.7. The molecule has 10 aromatic carbocycles. The summed E-state index contributed by atoms with van der Waals surface area (Å²) in [6, 6.07) is 47.0. The van der Waals surface area contributed by atoms with E-state index in [0.717, 1.165) is 32.7 Å². The lowest BCUT2D eigenvalue weighted by Crippen LogP contribution is -2.40. The molecule has 5 aliphatic rings. The van der Waals surface area contributed by atoms with Gasteiger partial charge in [-0.15, -0.1) is 0 Å². The summed E-state index contributed by atoms with van der Waals surface area (Å²) in [7, 11) is 0. The summed E-state index contributed by atoms with van der Waals surface area (Å²) in [6.07, 6.45) is 13.4. The minimum absolute atomic E-state index is 0.0583. The number of rotatable bonds is 15. The van der Waals surface area contributed by atoms with Crippen molar-refractivity contribution in [3.63, 3.8) is 0 Å². The van der Waals surface area contributed by atoms with Gasteiger partial charge in [0.15, 0.2) is 11.3 Å². The van der Waals surface area contributed by atoms with Gasteiger partial charge in [0, 0.05) is 102 Å². The number of carbonyl (C=O) groups excluding carboxylic acids is 5. The maximum Gasteiger partial charge on any atom is 0.250 e. The quantitative estimate of drug-likeness (QED) is 0.0426. The molecule has 0 spiro atoms. The Morgan fingerprint density at radius 2 is 0.508 bits per heavy atom. The Morgan fingerprint density at radius 3 is 0.723 bits per heavy atom. The lowest BCUT2D eigenvalue weighted by Gasteiger charge is -2.30. The monoisotopic (exact) mass is 1780 g/mol. The SMILES string of the molecule is NC(=O)c1cccc2cn(-c3ccc(C4(F)CCCNC4)cc3F)nc12.NC(=O)c1cccc2cn(-c3ccc([C@@]4(F)CCCNC4)c(F)c3)nc12.NC(=O)c1cccc2cn(-c3ccc([C@@]4(F)CCCNC4)cc3F)nc12.NC(=O)c1cccc2cn(-c3ccc([C@]4(F)CCCNC4)c(F)c3)nc12.NC(=O)c1cccc2cn(-c3ccc([C@]4(F)CCCNC4)cc3F)nc12. The number of nitrogens with two attached hydrogens (primary N) is 5. The number of halogens is 10. The standard InChI is InChI=1S/5C19H18F2N4O/c3*20-15-9-13(19(21)7-2-8-23-11-19)5-6-16(15)25-10-12-3-1-4-14(18(22)26)17(12)24-25;2*20-16-9-13(5-6-15(16)19(21)7-2-8-23-11-19)25-10-12-3-1-4-14(18(22)26)17(12)24-25/h5*1,3-6,9-10,23H,2,7-8,11H2,(H2,22,26)/t2*19-;;2*19-/m10.10/s1. The van der Waals surface area contributed by atoms with Crippen LogP contribution in [0.3, 0.4) is 0 Å². The van der Waals surface area contributed by atoms with Gasteiger partial charge in [0.1, 0.15) is 90.7 Å². The number of piperidine rings is 5. The van der Waals surface area contributed by atoms with Crippen LogP contribution in [0.4, 0.5) is 43.9 Å². The summed E-state index contributed by atoms with van der Waals surface area (Å²) in [5, 5.41) is 40.0. The number of fused-ring (bicyclic) bond motifs is 5. The van der Waals surface area contributed by atoms with Crippen LogP contribution in [0.1, 0.15) is 144 Å². The van der Waals surface area contributed by atoms with Crippen LogP contribution in [0, 0.1) is 29.1 Å². The van der Waals surface area contributed by atoms with E-state index in [9.17, 15) is 45.9 Å². The van der Waals surface area contributed by atoms with Crippen LogP contribution in [0.2, 0.25) is 0 Å². The fraction of sp³-hybridized carbons (Fsp3) is 0.263. The first-order valence-electron chi connectivity index (χ1n) is 42.3. The van der Waals surface area contributed by atoms with Crippen molar-refractivity contribution < 1.29 is 67.9 Å². The minimum Gasteiger partial charge on any atom is -0.366 e. The van der Waals surface area contributed by atoms with Crippen LogP contribution in [0.25, 0.3) is 83.0 Å². The summed E-state index contributed by atoms with van der Waals surface area (Å²) < 4.78 is 156. The Kier molecular flexibility index (Phi) is 25.4. The number of primary amides is 5. The third kappa shape index (κ3) is 18.4. The molecule has 5 fully saturated rings. The first-order valence-corrected chi connectivity index (χ1v) is 42.3. The van der Waals surface area contributed by atoms with Gasteiger partial charge in [0.25, 0.3) is 29.5 Å². The molecule has 25 nitrogen and oxygen atoms in total. The lowest BCUT2D eigenvalue weighted by molar-refractivity contribution is 0.0993. The zero-order valence-corrected chi connectivity index (χ0v) is 70.0. The largest absolute Gasteiger partial charge is 0.366 e. The molecule has 35 heteroatoms. The maximum absolute atomic E-state index is 15.0. The third-order valence-electron chi connectivity index (χ3n) is 24.2. The predicted molar refractivity (Wildman–Crippen MR) is 472 cm³/mol. The fourth-order valence-electron chi connectivity index (χ4n) is 17.3. The number of nitrogens with zero attached hydrogens (tertiary/aromatic N) is 10. The van der Waals surface area contributed by atoms with E-state index >= 15 is 22.0 Å². The molecular formula is C95H90F10N20O5. The minimum atomic E-state index is -1.70. The number of alkyl halides is 5. The highest BCUT2D eigenvalue weighted by Gasteiger charge is 2.41. The molecule has 0 bridgehead atoms. The highest BCUT2D eigenvalue weighted by molar-refractivity contribution is 6.08. The molecular weight excluding hydrogens is 1690 g/mol. The van der Waals surface area contributed by atoms with Crippen LogP contribution in [0.5, 0.6) is 0 Å². The molecule has 20 rings (SSSR count). The van der Waals surface area contributed by atoms with Crippen LogP contribution in [-0.4, -0.2) is 144 Å². The first kappa shape index (κ1) is 89.4. The second-order valence-electron chi connectivity index (χ2n) is 33.0. The third-order valence-corrected chi connectivity index (χ3v) is 24.2. The van der Waals surface area contributed by atoms with Crippen molar-refractivity contribution in [3.8, 4) is 28.4 Å². The topological polar surface area (TPSA) is 365 Å². The van der Waals surface area contributed by atoms with Gasteiger partial charge in [-0.3, -0.25) is 24.0 Å². The summed E-state index contributed by atoms with van der Waals surface area (Å²) in [5.74, 6) is -5.87. The Hall–Kier alpha value is -14.0. The summed E-state index contributed by atoms with van der Waals surface area (Å²) in [6.45, 7) is 4.56. The van der Waals surface area contributed by atoms with Crippen molar-refractivity contribution in [3.05, 3.63) is 298 Å². The Morgan fingerprint density at radius 1 is 0.277 bits per heavy atom. The Bertz CT molecular complexity index is 6290. The summed E-state index contributed by atoms with van der Waals surface area (Å²) >= 11 is 0. The molecule has 0 saturated carbocycles. The molecule has 130 heavy (non-hydrogen) atoms. The van der Waals surface area contributed by atoms with Gasteiger partial charge in [-0.25, -0.2) is 67.3 Å². The van der Waals surface area contributed by atoms with E-state index < -0.39 is 87.0 Å². The second-order valence-corrected chi connectivity index (χ2v) is 33.0. The van der Waals surface area contributed by atoms with E-state index in [1.165, 1.54) is 84.1 Å². The van der Waals surface area contributed by atoms with E-state index in [-0.39, 0.29) is 77.6 Å². The smallest absolute Gasteiger partial charge is 0.250 e. The van der Waals surface area contributed by atoms with Crippen molar-refractivity contribution >= 4 is 84.1 Å². The predicted octanol–water partition coefficient (Wildman–Crippen LogP) is 14.1. The van der Waals surface area contributed by atoms with E-state index in [4.69, 9.17) is 28.7 Å². The number of nitrogens with one attached hydrogen (secondary N) is 5. The summed E-state index contributed by atoms with van der Waals surface area (Å²) in [5.41, 5.74) is 24.8. The number of hydrogen-bond donors (Lipinski definition) is 10. The molecule has 10 heterocycles. The molecule has 1 unspecified atom stereocenters. The number of benzene rings is 10. The Labute approximate surface area is 736 Å². The van der Waals surface area contributed by atoms with Gasteiger partial charge in [-0.1, -0.05) is 91.0 Å². The van der Waals surface area contributed by atoms with Gasteiger partial charge < -0.3 is 55.3 Å². The number of hydrogen-bond acceptors (Lipinski definition) is 15. The molecule has 5 saturated heterocycles.